The molecule has 0 saturated carbocycles. The molecule has 0 aliphatic rings. The number of hydrogen-bond donors (Lipinski definition) is 1. The number of carbonyl (C=O) groups excluding carboxylic acids is 1. The smallest absolute Gasteiger partial charge is 0.293 e. The van der Waals surface area contributed by atoms with Crippen molar-refractivity contribution in [3.63, 3.8) is 0 Å². The number of nitrogens with two attached hydrogens (primary N) is 1. The van der Waals surface area contributed by atoms with Crippen LogP contribution in [0.1, 0.15) is 0 Å². The molecule has 0 aliphatic carbocycles. The fourth-order valence-corrected chi connectivity index (χ4v) is 0.907. The molecule has 4 heteroatoms. The zero-order valence-electron chi connectivity index (χ0n) is 6.69. The van der Waals surface area contributed by atoms with Crippen LogP contribution in [0.4, 0.5) is 4.79 Å². The van der Waals surface area contributed by atoms with E-state index in [1.807, 2.05) is 30.3 Å². The van der Waals surface area contributed by atoms with Crippen LogP contribution >= 0.6 is 0 Å². The van der Waals surface area contributed by atoms with Gasteiger partial charge < -0.3 is 4.74 Å². The molecule has 3 nitrogen and oxygen atoms in total. The van der Waals surface area contributed by atoms with E-state index in [2.05, 4.69) is 4.74 Å². The van der Waals surface area contributed by atoms with Crippen molar-refractivity contribution >= 4 is 18.6 Å². The maximum absolute atomic E-state index is 10.9. The minimum absolute atomic E-state index is 0.0499. The fourth-order valence-electron chi connectivity index (χ4n) is 0.907. The summed E-state index contributed by atoms with van der Waals surface area (Å²) in [5.74, 6) is -0.288. The van der Waals surface area contributed by atoms with Gasteiger partial charge in [-0.2, -0.15) is 0 Å². The van der Waals surface area contributed by atoms with Crippen molar-refractivity contribution in [3.8, 4) is 0 Å². The normalized spacial score (nSPS) is 9.08. The summed E-state index contributed by atoms with van der Waals surface area (Å²) in [6.07, 6.45) is 0. The SMILES string of the molecule is NCOC(=O)Bc1ccccc1. The van der Waals surface area contributed by atoms with Crippen molar-refractivity contribution in [3.05, 3.63) is 30.3 Å². The Labute approximate surface area is 71.8 Å². The van der Waals surface area contributed by atoms with E-state index in [1.165, 1.54) is 0 Å². The summed E-state index contributed by atoms with van der Waals surface area (Å²) < 4.78 is 4.58. The predicted octanol–water partition coefficient (Wildman–Crippen LogP) is -0.199. The van der Waals surface area contributed by atoms with E-state index in [0.717, 1.165) is 5.46 Å². The summed E-state index contributed by atoms with van der Waals surface area (Å²) >= 11 is 0. The third kappa shape index (κ3) is 2.76. The highest BCUT2D eigenvalue weighted by Crippen LogP contribution is 1.83. The van der Waals surface area contributed by atoms with Gasteiger partial charge in [0.15, 0.2) is 0 Å². The molecule has 1 aromatic carbocycles. The van der Waals surface area contributed by atoms with E-state index in [0.29, 0.717) is 0 Å². The van der Waals surface area contributed by atoms with Gasteiger partial charge in [0.05, 0.1) is 0 Å². The summed E-state index contributed by atoms with van der Waals surface area (Å²) in [7, 11) is 0.290. The van der Waals surface area contributed by atoms with Crippen LogP contribution < -0.4 is 11.2 Å². The highest BCUT2D eigenvalue weighted by atomic mass is 16.5. The third-order valence-electron chi connectivity index (χ3n) is 1.44. The van der Waals surface area contributed by atoms with Crippen molar-refractivity contribution in [1.29, 1.82) is 0 Å². The van der Waals surface area contributed by atoms with E-state index >= 15 is 0 Å². The first kappa shape index (κ1) is 8.81. The first-order chi connectivity index (χ1) is 5.83. The average molecular weight is 163 g/mol. The van der Waals surface area contributed by atoms with Gasteiger partial charge in [-0.25, -0.2) is 0 Å². The van der Waals surface area contributed by atoms with Gasteiger partial charge in [0.2, 0.25) is 0 Å². The highest BCUT2D eigenvalue weighted by Gasteiger charge is 2.05. The van der Waals surface area contributed by atoms with Crippen LogP contribution in [0.5, 0.6) is 0 Å². The topological polar surface area (TPSA) is 52.3 Å². The van der Waals surface area contributed by atoms with Crippen molar-refractivity contribution in [1.82, 2.24) is 0 Å². The summed E-state index contributed by atoms with van der Waals surface area (Å²) in [6, 6.07) is 9.41. The second kappa shape index (κ2) is 4.56. The molecule has 0 radical (unpaired) electrons. The van der Waals surface area contributed by atoms with Gasteiger partial charge >= 0.3 is 0 Å². The first-order valence-corrected chi connectivity index (χ1v) is 3.72. The van der Waals surface area contributed by atoms with E-state index in [4.69, 9.17) is 5.73 Å². The average Bonchev–Trinajstić information content (AvgIpc) is 2.06. The zero-order valence-corrected chi connectivity index (χ0v) is 6.69. The Hall–Kier alpha value is -1.29. The van der Waals surface area contributed by atoms with Crippen LogP contribution in [0, 0.1) is 0 Å². The molecule has 1 aromatic rings. The summed E-state index contributed by atoms with van der Waals surface area (Å²) in [5, 5.41) is 0. The van der Waals surface area contributed by atoms with Gasteiger partial charge in [-0.3, -0.25) is 10.5 Å². The molecule has 0 atom stereocenters. The van der Waals surface area contributed by atoms with Crippen LogP contribution in [-0.4, -0.2) is 19.9 Å². The Kier molecular flexibility index (Phi) is 3.35. The lowest BCUT2D eigenvalue weighted by Crippen LogP contribution is -2.25. The first-order valence-electron chi connectivity index (χ1n) is 3.72. The minimum Gasteiger partial charge on any atom is -0.458 e. The minimum atomic E-state index is -0.288. The Morgan fingerprint density at radius 1 is 1.42 bits per heavy atom. The molecule has 0 fully saturated rings. The quantitative estimate of drug-likeness (QED) is 0.495. The second-order valence-corrected chi connectivity index (χ2v) is 2.35. The molecular weight excluding hydrogens is 153 g/mol. The number of benzene rings is 1. The van der Waals surface area contributed by atoms with Crippen molar-refractivity contribution < 1.29 is 9.53 Å². The lowest BCUT2D eigenvalue weighted by molar-refractivity contribution is 0.176. The number of rotatable bonds is 3. The molecule has 62 valence electrons. The lowest BCUT2D eigenvalue weighted by atomic mass is 9.71. The zero-order chi connectivity index (χ0) is 8.81. The molecular formula is C8H10BNO2. The van der Waals surface area contributed by atoms with Gasteiger partial charge in [0.25, 0.3) is 13.1 Å². The van der Waals surface area contributed by atoms with Gasteiger partial charge in [-0.05, 0) is 0 Å². The number of ether oxygens (including phenoxy) is 1. The Balaban J connectivity index is 2.47. The molecule has 0 amide bonds. The number of hydrogen-bond acceptors (Lipinski definition) is 3. The third-order valence-corrected chi connectivity index (χ3v) is 1.44. The van der Waals surface area contributed by atoms with Gasteiger partial charge in [-0.1, -0.05) is 35.8 Å². The monoisotopic (exact) mass is 163 g/mol. The van der Waals surface area contributed by atoms with E-state index in [1.54, 1.807) is 0 Å². The molecule has 0 saturated heterocycles. The van der Waals surface area contributed by atoms with Gasteiger partial charge in [0, 0.05) is 0 Å². The van der Waals surface area contributed by atoms with Crippen LogP contribution in [0.25, 0.3) is 0 Å². The molecule has 0 spiro atoms. The fraction of sp³-hybridized carbons (Fsp3) is 0.125. The summed E-state index contributed by atoms with van der Waals surface area (Å²) in [5.41, 5.74) is 5.98. The predicted molar refractivity (Wildman–Crippen MR) is 48.8 cm³/mol. The highest BCUT2D eigenvalue weighted by molar-refractivity contribution is 6.82. The maximum Gasteiger partial charge on any atom is 0.293 e. The molecule has 0 aromatic heterocycles. The Morgan fingerprint density at radius 2 is 2.08 bits per heavy atom. The summed E-state index contributed by atoms with van der Waals surface area (Å²) in [4.78, 5) is 10.9. The van der Waals surface area contributed by atoms with Crippen molar-refractivity contribution in [2.45, 2.75) is 0 Å². The molecule has 0 aliphatic heterocycles. The van der Waals surface area contributed by atoms with Crippen LogP contribution in [0.2, 0.25) is 0 Å². The van der Waals surface area contributed by atoms with E-state index < -0.39 is 0 Å². The summed E-state index contributed by atoms with van der Waals surface area (Å²) in [6.45, 7) is -0.0499. The molecule has 0 heterocycles. The van der Waals surface area contributed by atoms with Crippen LogP contribution in [0.15, 0.2) is 30.3 Å². The largest absolute Gasteiger partial charge is 0.458 e. The standard InChI is InChI=1S/C8H10BNO2/c10-6-12-8(11)9-7-4-2-1-3-5-7/h1-5,9H,6,10H2. The lowest BCUT2D eigenvalue weighted by Gasteiger charge is -1.99. The van der Waals surface area contributed by atoms with Gasteiger partial charge in [-0.15, -0.1) is 0 Å². The molecule has 1 rings (SSSR count). The van der Waals surface area contributed by atoms with E-state index in [9.17, 15) is 4.79 Å². The molecule has 2 N–H and O–H groups in total. The molecule has 0 bridgehead atoms. The Bertz CT molecular complexity index is 250. The maximum atomic E-state index is 10.9. The Morgan fingerprint density at radius 3 is 2.67 bits per heavy atom. The molecule has 0 unspecified atom stereocenters. The second-order valence-electron chi connectivity index (χ2n) is 2.35. The van der Waals surface area contributed by atoms with Crippen molar-refractivity contribution in [2.75, 3.05) is 6.73 Å². The van der Waals surface area contributed by atoms with Crippen LogP contribution in [0.3, 0.4) is 0 Å². The van der Waals surface area contributed by atoms with E-state index in [-0.39, 0.29) is 19.9 Å². The van der Waals surface area contributed by atoms with Crippen LogP contribution in [-0.2, 0) is 4.74 Å². The van der Waals surface area contributed by atoms with Crippen molar-refractivity contribution in [2.24, 2.45) is 5.73 Å². The van der Waals surface area contributed by atoms with Gasteiger partial charge in [0.1, 0.15) is 6.73 Å². The number of carbonyl (C=O) groups is 1. The molecule has 12 heavy (non-hydrogen) atoms.